The van der Waals surface area contributed by atoms with Crippen molar-refractivity contribution in [3.63, 3.8) is 0 Å². The van der Waals surface area contributed by atoms with Crippen molar-refractivity contribution in [2.24, 2.45) is 29.6 Å². The molecule has 3 aliphatic heterocycles. The van der Waals surface area contributed by atoms with Crippen LogP contribution in [0.1, 0.15) is 144 Å². The fourth-order valence-electron chi connectivity index (χ4n) is 11.1. The maximum Gasteiger partial charge on any atom is 0.422 e. The van der Waals surface area contributed by atoms with Crippen molar-refractivity contribution in [1.29, 1.82) is 0 Å². The van der Waals surface area contributed by atoms with Crippen LogP contribution < -0.4 is 4.72 Å². The van der Waals surface area contributed by atoms with E-state index in [1.165, 1.54) is 21.3 Å². The lowest BCUT2D eigenvalue weighted by molar-refractivity contribution is -0.302. The molecule has 2 saturated carbocycles. The number of rotatable bonds is 10. The molecule has 0 aromatic rings. The number of nitrogens with one attached hydrogen (secondary N) is 1. The van der Waals surface area contributed by atoms with Crippen molar-refractivity contribution in [2.75, 3.05) is 27.9 Å². The average Bonchev–Trinajstić information content (AvgIpc) is 3.31. The van der Waals surface area contributed by atoms with Gasteiger partial charge in [0, 0.05) is 52.0 Å². The summed E-state index contributed by atoms with van der Waals surface area (Å²) < 4.78 is 68.6. The predicted octanol–water partition coefficient (Wildman–Crippen LogP) is 5.80. The number of cyclic esters (lactones) is 1. The van der Waals surface area contributed by atoms with Crippen LogP contribution in [0.2, 0.25) is 0 Å². The van der Waals surface area contributed by atoms with Crippen LogP contribution in [-0.4, -0.2) is 142 Å². The summed E-state index contributed by atoms with van der Waals surface area (Å²) in [6.07, 6.45) is 3.86. The van der Waals surface area contributed by atoms with Crippen molar-refractivity contribution >= 4 is 39.8 Å². The Labute approximate surface area is 409 Å². The Hall–Kier alpha value is -3.30. The number of carbonyl (C=O) groups excluding carboxylic acids is 5. The minimum atomic E-state index is -4.56. The number of piperidine rings is 1. The number of hydrogen-bond acceptors (Lipinski definition) is 16. The molecule has 2 saturated heterocycles. The first kappa shape index (κ1) is 56.6. The number of amides is 2. The minimum Gasteiger partial charge on any atom is -0.456 e. The van der Waals surface area contributed by atoms with Crippen LogP contribution in [-0.2, 0) is 62.1 Å². The smallest absolute Gasteiger partial charge is 0.422 e. The lowest BCUT2D eigenvalue weighted by atomic mass is 9.81. The van der Waals surface area contributed by atoms with Gasteiger partial charge in [-0.3, -0.25) is 14.4 Å². The van der Waals surface area contributed by atoms with Crippen LogP contribution in [0.3, 0.4) is 0 Å². The molecule has 392 valence electrons. The lowest BCUT2D eigenvalue weighted by Gasteiger charge is -2.47. The molecule has 2 bridgehead atoms. The number of Topliss-reactive ketones (excluding diaryl/α,β-unsaturated/α-hetero) is 2. The first-order valence-corrected chi connectivity index (χ1v) is 26.6. The summed E-state index contributed by atoms with van der Waals surface area (Å²) in [5, 5.41) is 23.9. The zero-order valence-electron chi connectivity index (χ0n) is 42.2. The van der Waals surface area contributed by atoms with Gasteiger partial charge in [-0.25, -0.2) is 13.8 Å². The number of fused-ring (bicyclic) bond motifs is 3. The highest BCUT2D eigenvalue weighted by Crippen LogP contribution is 2.39. The average molecular weight is 997 g/mol. The van der Waals surface area contributed by atoms with E-state index in [4.69, 9.17) is 32.6 Å². The van der Waals surface area contributed by atoms with E-state index in [-0.39, 0.29) is 62.4 Å². The SMILES string of the molecule is CC[C@@H]1/C=C(\C)C[C@H](C)C[C@H](OC)[C@H]2O[C@@](O)(C(=O)C(=O)N3CCCC[C@H]3C(=O)OC(/C(C)=C/[C@@H]3CC[C@H](OS(=O)(=O)NC(=O)OC4CCCCC4)[C@H](OC)C3)[C@H](C)[C@@H](O)CC1=O)[C@H](C)C[C@@H]2OC. The van der Waals surface area contributed by atoms with Crippen molar-refractivity contribution < 1.29 is 75.2 Å². The molecular weight excluding hydrogens is 917 g/mol. The largest absolute Gasteiger partial charge is 0.456 e. The van der Waals surface area contributed by atoms with E-state index < -0.39 is 106 Å². The van der Waals surface area contributed by atoms with Crippen molar-refractivity contribution in [3.8, 4) is 0 Å². The van der Waals surface area contributed by atoms with E-state index >= 15 is 0 Å². The zero-order chi connectivity index (χ0) is 50.8. The summed E-state index contributed by atoms with van der Waals surface area (Å²) in [6, 6.07) is -1.22. The van der Waals surface area contributed by atoms with Gasteiger partial charge in [-0.15, -0.1) is 0 Å². The molecule has 3 N–H and O–H groups in total. The molecule has 18 nitrogen and oxygen atoms in total. The normalized spacial score (nSPS) is 37.7. The molecule has 4 fully saturated rings. The van der Waals surface area contributed by atoms with Crippen LogP contribution in [0, 0.1) is 29.6 Å². The molecule has 1 unspecified atom stereocenters. The Morgan fingerprint density at radius 2 is 1.54 bits per heavy atom. The fourth-order valence-corrected chi connectivity index (χ4v) is 12.0. The Morgan fingerprint density at radius 3 is 2.19 bits per heavy atom. The standard InChI is InChI=1S/C50H80N2O16S/c1-10-35-23-29(2)22-30(3)24-42(63-8)45-43(64-9)26-32(5)50(59,67-45)46(55)47(56)52-21-15-14-18-37(52)48(57)66-44(33(6)38(53)28-39(35)54)31(4)25-34-19-20-40(41(27-34)62-7)68-69(60,61)51-49(58)65-36-16-12-11-13-17-36/h23,25,30,32-38,40-45,53,59H,10-22,24,26-28H2,1-9H3,(H,51,58)/b29-23+,31-25+/t30-,32+,33+,34-,35+,37-,38-,40-,41+,42-,43-,44?,45+,50+/m0/s1. The number of allylic oxidation sites excluding steroid dienone is 3. The third kappa shape index (κ3) is 14.7. The first-order valence-electron chi connectivity index (χ1n) is 25.2. The first-order chi connectivity index (χ1) is 32.6. The summed E-state index contributed by atoms with van der Waals surface area (Å²) in [7, 11) is -0.101. The van der Waals surface area contributed by atoms with Gasteiger partial charge in [-0.05, 0) is 121 Å². The van der Waals surface area contributed by atoms with E-state index in [1.54, 1.807) is 20.8 Å². The summed E-state index contributed by atoms with van der Waals surface area (Å²) >= 11 is 0. The summed E-state index contributed by atoms with van der Waals surface area (Å²) in [5.41, 5.74) is 1.49. The summed E-state index contributed by atoms with van der Waals surface area (Å²) in [5.74, 6) is -8.33. The van der Waals surface area contributed by atoms with Crippen molar-refractivity contribution in [1.82, 2.24) is 9.62 Å². The topological polar surface area (TPSA) is 240 Å². The van der Waals surface area contributed by atoms with Gasteiger partial charge in [0.1, 0.15) is 36.2 Å². The highest BCUT2D eigenvalue weighted by molar-refractivity contribution is 7.85. The molecule has 0 spiro atoms. The van der Waals surface area contributed by atoms with Crippen LogP contribution in [0.5, 0.6) is 0 Å². The number of hydrogen-bond donors (Lipinski definition) is 3. The molecule has 5 rings (SSSR count). The van der Waals surface area contributed by atoms with E-state index in [2.05, 4.69) is 0 Å². The molecule has 3 heterocycles. The summed E-state index contributed by atoms with van der Waals surface area (Å²) in [4.78, 5) is 70.8. The second kappa shape index (κ2) is 25.4. The van der Waals surface area contributed by atoms with Crippen LogP contribution >= 0.6 is 0 Å². The third-order valence-electron chi connectivity index (χ3n) is 15.2. The van der Waals surface area contributed by atoms with E-state index in [0.717, 1.165) is 29.7 Å². The minimum absolute atomic E-state index is 0.00884. The van der Waals surface area contributed by atoms with Crippen molar-refractivity contribution in [2.45, 2.75) is 205 Å². The number of methoxy groups -OCH3 is 3. The van der Waals surface area contributed by atoms with E-state index in [0.29, 0.717) is 56.9 Å². The molecule has 0 aromatic heterocycles. The molecule has 69 heavy (non-hydrogen) atoms. The molecule has 5 aliphatic rings. The van der Waals surface area contributed by atoms with Crippen LogP contribution in [0.15, 0.2) is 23.3 Å². The number of nitrogens with zero attached hydrogens (tertiary/aromatic N) is 1. The lowest BCUT2D eigenvalue weighted by Crippen LogP contribution is -2.64. The number of ketones is 2. The number of carbonyl (C=O) groups is 5. The van der Waals surface area contributed by atoms with Crippen molar-refractivity contribution in [3.05, 3.63) is 23.3 Å². The molecular formula is C50H80N2O16S. The quantitative estimate of drug-likeness (QED) is 0.133. The second-order valence-corrected chi connectivity index (χ2v) is 21.7. The number of aliphatic hydroxyl groups excluding tert-OH is 1. The Morgan fingerprint density at radius 1 is 0.884 bits per heavy atom. The fraction of sp³-hybridized carbons (Fsp3) is 0.820. The maximum atomic E-state index is 14.5. The van der Waals surface area contributed by atoms with Gasteiger partial charge >= 0.3 is 22.4 Å². The van der Waals surface area contributed by atoms with Gasteiger partial charge in [0.2, 0.25) is 5.79 Å². The summed E-state index contributed by atoms with van der Waals surface area (Å²) in [6.45, 7) is 10.9. The predicted molar refractivity (Wildman–Crippen MR) is 252 cm³/mol. The zero-order valence-corrected chi connectivity index (χ0v) is 43.0. The number of ether oxygens (including phenoxy) is 6. The molecule has 19 heteroatoms. The van der Waals surface area contributed by atoms with Crippen LogP contribution in [0.4, 0.5) is 4.79 Å². The van der Waals surface area contributed by atoms with Gasteiger partial charge in [-0.2, -0.15) is 13.1 Å². The number of aliphatic hydroxyl groups is 2. The van der Waals surface area contributed by atoms with E-state index in [9.17, 15) is 42.6 Å². The monoisotopic (exact) mass is 997 g/mol. The molecule has 2 aliphatic carbocycles. The molecule has 14 atom stereocenters. The van der Waals surface area contributed by atoms with Crippen LogP contribution in [0.25, 0.3) is 0 Å². The van der Waals surface area contributed by atoms with Gasteiger partial charge in [0.25, 0.3) is 11.7 Å². The molecule has 0 radical (unpaired) electrons. The Balaban J connectivity index is 1.43. The van der Waals surface area contributed by atoms with Gasteiger partial charge < -0.3 is 43.5 Å². The maximum absolute atomic E-state index is 14.5. The Kier molecular flexibility index (Phi) is 20.8. The molecule has 2 amide bonds. The van der Waals surface area contributed by atoms with Gasteiger partial charge in [0.15, 0.2) is 0 Å². The van der Waals surface area contributed by atoms with Gasteiger partial charge in [0.05, 0.1) is 24.4 Å². The molecule has 0 aromatic carbocycles. The second-order valence-electron chi connectivity index (χ2n) is 20.4. The highest BCUT2D eigenvalue weighted by Gasteiger charge is 2.56. The Bertz CT molecular complexity index is 1950. The number of esters is 1. The third-order valence-corrected chi connectivity index (χ3v) is 16.1. The highest BCUT2D eigenvalue weighted by atomic mass is 32.2. The van der Waals surface area contributed by atoms with E-state index in [1.807, 2.05) is 37.6 Å². The van der Waals surface area contributed by atoms with Gasteiger partial charge in [-0.1, -0.05) is 51.8 Å².